The van der Waals surface area contributed by atoms with Crippen molar-refractivity contribution in [2.75, 3.05) is 7.11 Å². The Morgan fingerprint density at radius 1 is 1.11 bits per heavy atom. The van der Waals surface area contributed by atoms with Crippen LogP contribution in [-0.4, -0.2) is 13.2 Å². The van der Waals surface area contributed by atoms with Gasteiger partial charge in [0.1, 0.15) is 5.75 Å². The number of benzene rings is 2. The summed E-state index contributed by atoms with van der Waals surface area (Å²) in [5.74, 6) is 0.878. The highest BCUT2D eigenvalue weighted by atomic mass is 16.5. The van der Waals surface area contributed by atoms with Gasteiger partial charge in [-0.05, 0) is 42.2 Å². The Bertz CT molecular complexity index is 520. The zero-order chi connectivity index (χ0) is 13.0. The van der Waals surface area contributed by atoms with Crippen LogP contribution in [0.1, 0.15) is 12.5 Å². The Labute approximate surface area is 108 Å². The minimum Gasteiger partial charge on any atom is -0.497 e. The molecule has 1 atom stereocenters. The van der Waals surface area contributed by atoms with Crippen LogP contribution < -0.4 is 10.5 Å². The number of methoxy groups -OCH3 is 1. The SMILES string of the molecule is COc1cccc(-c2ccccc2CC(C)N)c1. The van der Waals surface area contributed by atoms with Crippen molar-refractivity contribution >= 4 is 0 Å². The van der Waals surface area contributed by atoms with Gasteiger partial charge in [0.2, 0.25) is 0 Å². The van der Waals surface area contributed by atoms with Gasteiger partial charge in [-0.25, -0.2) is 0 Å². The van der Waals surface area contributed by atoms with Crippen molar-refractivity contribution in [1.29, 1.82) is 0 Å². The molecule has 0 saturated carbocycles. The highest BCUT2D eigenvalue weighted by Gasteiger charge is 2.07. The molecule has 94 valence electrons. The second-order valence-electron chi connectivity index (χ2n) is 4.57. The normalized spacial score (nSPS) is 12.2. The number of hydrogen-bond acceptors (Lipinski definition) is 2. The van der Waals surface area contributed by atoms with Crippen LogP contribution in [0, 0.1) is 0 Å². The zero-order valence-corrected chi connectivity index (χ0v) is 10.9. The van der Waals surface area contributed by atoms with Crippen LogP contribution in [0.2, 0.25) is 0 Å². The maximum Gasteiger partial charge on any atom is 0.119 e. The van der Waals surface area contributed by atoms with Crippen molar-refractivity contribution in [2.45, 2.75) is 19.4 Å². The molecule has 0 aliphatic carbocycles. The first-order chi connectivity index (χ1) is 8.70. The van der Waals surface area contributed by atoms with Gasteiger partial charge in [-0.2, -0.15) is 0 Å². The lowest BCUT2D eigenvalue weighted by Gasteiger charge is -2.12. The second kappa shape index (κ2) is 5.69. The Kier molecular flexibility index (Phi) is 4.00. The van der Waals surface area contributed by atoms with Crippen LogP contribution in [0.4, 0.5) is 0 Å². The molecule has 2 N–H and O–H groups in total. The van der Waals surface area contributed by atoms with Crippen LogP contribution >= 0.6 is 0 Å². The van der Waals surface area contributed by atoms with E-state index in [1.165, 1.54) is 16.7 Å². The van der Waals surface area contributed by atoms with Gasteiger partial charge in [0.15, 0.2) is 0 Å². The minimum absolute atomic E-state index is 0.164. The van der Waals surface area contributed by atoms with Gasteiger partial charge in [-0.1, -0.05) is 36.4 Å². The molecule has 2 rings (SSSR count). The van der Waals surface area contributed by atoms with Crippen LogP contribution in [-0.2, 0) is 6.42 Å². The van der Waals surface area contributed by atoms with Crippen molar-refractivity contribution in [3.05, 3.63) is 54.1 Å². The van der Waals surface area contributed by atoms with E-state index in [0.717, 1.165) is 12.2 Å². The van der Waals surface area contributed by atoms with E-state index in [1.54, 1.807) is 7.11 Å². The highest BCUT2D eigenvalue weighted by molar-refractivity contribution is 5.68. The lowest BCUT2D eigenvalue weighted by atomic mass is 9.96. The molecule has 0 aliphatic heterocycles. The van der Waals surface area contributed by atoms with Crippen molar-refractivity contribution < 1.29 is 4.74 Å². The quantitative estimate of drug-likeness (QED) is 0.891. The fourth-order valence-corrected chi connectivity index (χ4v) is 2.12. The number of rotatable bonds is 4. The molecule has 1 unspecified atom stereocenters. The first kappa shape index (κ1) is 12.7. The summed E-state index contributed by atoms with van der Waals surface area (Å²) in [6.45, 7) is 2.03. The van der Waals surface area contributed by atoms with E-state index < -0.39 is 0 Å². The molecule has 2 nitrogen and oxygen atoms in total. The molecular formula is C16H19NO. The molecule has 0 aromatic heterocycles. The van der Waals surface area contributed by atoms with E-state index in [1.807, 2.05) is 19.1 Å². The maximum absolute atomic E-state index is 5.90. The molecule has 2 heteroatoms. The van der Waals surface area contributed by atoms with Crippen molar-refractivity contribution in [3.8, 4) is 16.9 Å². The van der Waals surface area contributed by atoms with E-state index in [4.69, 9.17) is 10.5 Å². The Balaban J connectivity index is 2.42. The molecule has 2 aromatic rings. The molecule has 0 aliphatic rings. The molecule has 0 saturated heterocycles. The fourth-order valence-electron chi connectivity index (χ4n) is 2.12. The van der Waals surface area contributed by atoms with Crippen LogP contribution in [0.25, 0.3) is 11.1 Å². The summed E-state index contributed by atoms with van der Waals surface area (Å²) in [5, 5.41) is 0. The molecule has 0 fully saturated rings. The molecule has 0 amide bonds. The molecular weight excluding hydrogens is 222 g/mol. The first-order valence-corrected chi connectivity index (χ1v) is 6.18. The predicted octanol–water partition coefficient (Wildman–Crippen LogP) is 3.25. The third-order valence-corrected chi connectivity index (χ3v) is 2.94. The van der Waals surface area contributed by atoms with Crippen LogP contribution in [0.3, 0.4) is 0 Å². The molecule has 0 bridgehead atoms. The highest BCUT2D eigenvalue weighted by Crippen LogP contribution is 2.27. The second-order valence-corrected chi connectivity index (χ2v) is 4.57. The van der Waals surface area contributed by atoms with E-state index in [-0.39, 0.29) is 6.04 Å². The lowest BCUT2D eigenvalue weighted by molar-refractivity contribution is 0.415. The van der Waals surface area contributed by atoms with E-state index in [9.17, 15) is 0 Å². The van der Waals surface area contributed by atoms with Gasteiger partial charge >= 0.3 is 0 Å². The summed E-state index contributed by atoms with van der Waals surface area (Å²) >= 11 is 0. The molecule has 0 radical (unpaired) electrons. The Hall–Kier alpha value is -1.80. The molecule has 0 spiro atoms. The number of ether oxygens (including phenoxy) is 1. The van der Waals surface area contributed by atoms with Crippen LogP contribution in [0.15, 0.2) is 48.5 Å². The summed E-state index contributed by atoms with van der Waals surface area (Å²) in [5.41, 5.74) is 9.58. The predicted molar refractivity (Wildman–Crippen MR) is 75.8 cm³/mol. The van der Waals surface area contributed by atoms with E-state index in [2.05, 4.69) is 36.4 Å². The minimum atomic E-state index is 0.164. The van der Waals surface area contributed by atoms with E-state index >= 15 is 0 Å². The molecule has 2 aromatic carbocycles. The summed E-state index contributed by atoms with van der Waals surface area (Å²) < 4.78 is 5.27. The van der Waals surface area contributed by atoms with Crippen molar-refractivity contribution in [1.82, 2.24) is 0 Å². The Morgan fingerprint density at radius 2 is 1.89 bits per heavy atom. The average Bonchev–Trinajstić information content (AvgIpc) is 2.39. The lowest BCUT2D eigenvalue weighted by Crippen LogP contribution is -2.18. The van der Waals surface area contributed by atoms with Crippen molar-refractivity contribution in [2.24, 2.45) is 5.73 Å². The van der Waals surface area contributed by atoms with Gasteiger partial charge in [-0.15, -0.1) is 0 Å². The molecule has 0 heterocycles. The smallest absolute Gasteiger partial charge is 0.119 e. The standard InChI is InChI=1S/C16H19NO/c1-12(17)10-13-6-3-4-9-16(13)14-7-5-8-15(11-14)18-2/h3-9,11-12H,10,17H2,1-2H3. The van der Waals surface area contributed by atoms with Gasteiger partial charge in [-0.3, -0.25) is 0 Å². The number of nitrogens with two attached hydrogens (primary N) is 1. The third kappa shape index (κ3) is 2.90. The number of hydrogen-bond donors (Lipinski definition) is 1. The topological polar surface area (TPSA) is 35.2 Å². The van der Waals surface area contributed by atoms with E-state index in [0.29, 0.717) is 0 Å². The van der Waals surface area contributed by atoms with Crippen LogP contribution in [0.5, 0.6) is 5.75 Å². The summed E-state index contributed by atoms with van der Waals surface area (Å²) in [4.78, 5) is 0. The average molecular weight is 241 g/mol. The van der Waals surface area contributed by atoms with Crippen molar-refractivity contribution in [3.63, 3.8) is 0 Å². The summed E-state index contributed by atoms with van der Waals surface area (Å²) in [6.07, 6.45) is 0.882. The summed E-state index contributed by atoms with van der Waals surface area (Å²) in [7, 11) is 1.69. The molecule has 18 heavy (non-hydrogen) atoms. The van der Waals surface area contributed by atoms with Gasteiger partial charge in [0.25, 0.3) is 0 Å². The Morgan fingerprint density at radius 3 is 2.61 bits per heavy atom. The third-order valence-electron chi connectivity index (χ3n) is 2.94. The summed E-state index contributed by atoms with van der Waals surface area (Å²) in [6, 6.07) is 16.7. The maximum atomic E-state index is 5.90. The van der Waals surface area contributed by atoms with Gasteiger partial charge in [0.05, 0.1) is 7.11 Å². The van der Waals surface area contributed by atoms with Gasteiger partial charge < -0.3 is 10.5 Å². The van der Waals surface area contributed by atoms with Gasteiger partial charge in [0, 0.05) is 6.04 Å². The largest absolute Gasteiger partial charge is 0.497 e. The fraction of sp³-hybridized carbons (Fsp3) is 0.250. The monoisotopic (exact) mass is 241 g/mol. The first-order valence-electron chi connectivity index (χ1n) is 6.18. The zero-order valence-electron chi connectivity index (χ0n) is 10.9.